The lowest BCUT2D eigenvalue weighted by molar-refractivity contribution is 1.18. The first-order valence-corrected chi connectivity index (χ1v) is 4.96. The number of benzene rings is 1. The summed E-state index contributed by atoms with van der Waals surface area (Å²) in [6.07, 6.45) is 1.65. The Kier molecular flexibility index (Phi) is 2.11. The van der Waals surface area contributed by atoms with Gasteiger partial charge in [0, 0.05) is 5.39 Å². The first kappa shape index (κ1) is 9.34. The van der Waals surface area contributed by atoms with Gasteiger partial charge in [-0.2, -0.15) is 0 Å². The van der Waals surface area contributed by atoms with E-state index in [9.17, 15) is 0 Å². The second kappa shape index (κ2) is 3.17. The Morgan fingerprint density at radius 2 is 1.93 bits per heavy atom. The lowest BCUT2D eigenvalue weighted by Crippen LogP contribution is -1.92. The first-order chi connectivity index (χ1) is 6.61. The molecule has 0 spiro atoms. The summed E-state index contributed by atoms with van der Waals surface area (Å²) in [6, 6.07) is 2.12. The Balaban J connectivity index is 3.07. The smallest absolute Gasteiger partial charge is 0.137 e. The molecule has 0 aliphatic heterocycles. The minimum atomic E-state index is 0.680. The molecular formula is C11H12N2S. The average Bonchev–Trinajstić information content (AvgIpc) is 2.14. The predicted octanol–water partition coefficient (Wildman–Crippen LogP) is 3.22. The van der Waals surface area contributed by atoms with E-state index < -0.39 is 0 Å². The number of hydrogen-bond acceptors (Lipinski definition) is 2. The Morgan fingerprint density at radius 3 is 2.64 bits per heavy atom. The fourth-order valence-electron chi connectivity index (χ4n) is 1.70. The third kappa shape index (κ3) is 1.24. The maximum atomic E-state index is 5.21. The molecule has 0 atom stereocenters. The standard InChI is InChI=1S/C11H12N2S/c1-6-4-9-10(8(3)7(6)2)11(14)13-5-12-9/h4-5H,1-3H3,(H,12,13,14). The summed E-state index contributed by atoms with van der Waals surface area (Å²) < 4.78 is 0.680. The van der Waals surface area contributed by atoms with Crippen molar-refractivity contribution >= 4 is 23.1 Å². The van der Waals surface area contributed by atoms with Crippen molar-refractivity contribution in [2.75, 3.05) is 0 Å². The summed E-state index contributed by atoms with van der Waals surface area (Å²) in [5.41, 5.74) is 4.89. The van der Waals surface area contributed by atoms with Gasteiger partial charge in [-0.25, -0.2) is 4.98 Å². The third-order valence-electron chi connectivity index (χ3n) is 2.77. The predicted molar refractivity (Wildman–Crippen MR) is 61.1 cm³/mol. The second-order valence-electron chi connectivity index (χ2n) is 3.57. The molecule has 0 radical (unpaired) electrons. The van der Waals surface area contributed by atoms with Crippen LogP contribution in [0.2, 0.25) is 0 Å². The van der Waals surface area contributed by atoms with E-state index in [0.29, 0.717) is 4.64 Å². The van der Waals surface area contributed by atoms with Gasteiger partial charge in [0.1, 0.15) is 4.64 Å². The van der Waals surface area contributed by atoms with Crippen molar-refractivity contribution in [2.45, 2.75) is 20.8 Å². The molecule has 0 unspecified atom stereocenters. The molecule has 1 N–H and O–H groups in total. The number of nitrogens with zero attached hydrogens (tertiary/aromatic N) is 1. The molecule has 0 fully saturated rings. The monoisotopic (exact) mass is 204 g/mol. The SMILES string of the molecule is Cc1cc2[nH]cnc(=S)c2c(C)c1C. The molecule has 3 heteroatoms. The van der Waals surface area contributed by atoms with Crippen molar-refractivity contribution < 1.29 is 0 Å². The van der Waals surface area contributed by atoms with Crippen LogP contribution < -0.4 is 0 Å². The Morgan fingerprint density at radius 1 is 1.21 bits per heavy atom. The van der Waals surface area contributed by atoms with Gasteiger partial charge in [-0.05, 0) is 43.5 Å². The molecular weight excluding hydrogens is 192 g/mol. The van der Waals surface area contributed by atoms with Gasteiger partial charge >= 0.3 is 0 Å². The van der Waals surface area contributed by atoms with Crippen molar-refractivity contribution in [3.8, 4) is 0 Å². The van der Waals surface area contributed by atoms with Crippen molar-refractivity contribution in [1.29, 1.82) is 0 Å². The number of aromatic amines is 1. The highest BCUT2D eigenvalue weighted by Crippen LogP contribution is 2.22. The van der Waals surface area contributed by atoms with Crippen LogP contribution in [-0.2, 0) is 0 Å². The molecule has 2 rings (SSSR count). The number of nitrogens with one attached hydrogen (secondary N) is 1. The van der Waals surface area contributed by atoms with Crippen LogP contribution in [0.3, 0.4) is 0 Å². The quantitative estimate of drug-likeness (QED) is 0.667. The van der Waals surface area contributed by atoms with E-state index in [4.69, 9.17) is 12.2 Å². The van der Waals surface area contributed by atoms with Crippen molar-refractivity contribution in [1.82, 2.24) is 9.97 Å². The highest BCUT2D eigenvalue weighted by Gasteiger charge is 2.05. The van der Waals surface area contributed by atoms with Crippen LogP contribution >= 0.6 is 12.2 Å². The number of aromatic nitrogens is 2. The summed E-state index contributed by atoms with van der Waals surface area (Å²) in [4.78, 5) is 7.22. The topological polar surface area (TPSA) is 28.7 Å². The van der Waals surface area contributed by atoms with Crippen LogP contribution in [0.5, 0.6) is 0 Å². The number of H-pyrrole nitrogens is 1. The highest BCUT2D eigenvalue weighted by atomic mass is 32.1. The second-order valence-corrected chi connectivity index (χ2v) is 3.96. The van der Waals surface area contributed by atoms with E-state index in [1.807, 2.05) is 0 Å². The van der Waals surface area contributed by atoms with E-state index >= 15 is 0 Å². The van der Waals surface area contributed by atoms with Gasteiger partial charge in [-0.3, -0.25) is 0 Å². The fraction of sp³-hybridized carbons (Fsp3) is 0.273. The normalized spacial score (nSPS) is 10.8. The number of aryl methyl sites for hydroxylation is 2. The molecule has 0 saturated heterocycles. The molecule has 2 aromatic rings. The molecule has 0 saturated carbocycles. The summed E-state index contributed by atoms with van der Waals surface area (Å²) in [5.74, 6) is 0. The van der Waals surface area contributed by atoms with E-state index in [0.717, 1.165) is 10.9 Å². The van der Waals surface area contributed by atoms with Crippen LogP contribution in [0, 0.1) is 25.4 Å². The van der Waals surface area contributed by atoms with E-state index in [1.54, 1.807) is 6.33 Å². The van der Waals surface area contributed by atoms with Crippen LogP contribution in [-0.4, -0.2) is 9.97 Å². The minimum absolute atomic E-state index is 0.680. The molecule has 0 aliphatic rings. The van der Waals surface area contributed by atoms with Gasteiger partial charge in [0.05, 0.1) is 11.8 Å². The Labute approximate surface area is 88.0 Å². The number of rotatable bonds is 0. The minimum Gasteiger partial charge on any atom is -0.346 e. The van der Waals surface area contributed by atoms with Crippen LogP contribution in [0.1, 0.15) is 16.7 Å². The zero-order chi connectivity index (χ0) is 10.3. The molecule has 0 bridgehead atoms. The zero-order valence-electron chi connectivity index (χ0n) is 8.51. The molecule has 72 valence electrons. The summed E-state index contributed by atoms with van der Waals surface area (Å²) in [5, 5.41) is 1.07. The molecule has 1 aromatic heterocycles. The van der Waals surface area contributed by atoms with Gasteiger partial charge < -0.3 is 4.98 Å². The third-order valence-corrected chi connectivity index (χ3v) is 3.08. The highest BCUT2D eigenvalue weighted by molar-refractivity contribution is 7.71. The van der Waals surface area contributed by atoms with Crippen LogP contribution in [0.25, 0.3) is 10.9 Å². The van der Waals surface area contributed by atoms with E-state index in [-0.39, 0.29) is 0 Å². The van der Waals surface area contributed by atoms with Gasteiger partial charge in [0.25, 0.3) is 0 Å². The largest absolute Gasteiger partial charge is 0.346 e. The van der Waals surface area contributed by atoms with Gasteiger partial charge in [0.15, 0.2) is 0 Å². The fourth-order valence-corrected chi connectivity index (χ4v) is 2.01. The van der Waals surface area contributed by atoms with Crippen molar-refractivity contribution in [3.63, 3.8) is 0 Å². The maximum absolute atomic E-state index is 5.21. The molecule has 1 heterocycles. The Hall–Kier alpha value is -1.22. The van der Waals surface area contributed by atoms with Gasteiger partial charge in [0.2, 0.25) is 0 Å². The van der Waals surface area contributed by atoms with Gasteiger partial charge in [-0.15, -0.1) is 0 Å². The first-order valence-electron chi connectivity index (χ1n) is 4.55. The summed E-state index contributed by atoms with van der Waals surface area (Å²) >= 11 is 5.21. The lowest BCUT2D eigenvalue weighted by atomic mass is 10.0. The summed E-state index contributed by atoms with van der Waals surface area (Å²) in [7, 11) is 0. The molecule has 0 amide bonds. The lowest BCUT2D eigenvalue weighted by Gasteiger charge is -2.08. The average molecular weight is 204 g/mol. The van der Waals surface area contributed by atoms with Gasteiger partial charge in [-0.1, -0.05) is 12.2 Å². The molecule has 14 heavy (non-hydrogen) atoms. The van der Waals surface area contributed by atoms with E-state index in [1.165, 1.54) is 16.7 Å². The zero-order valence-corrected chi connectivity index (χ0v) is 9.33. The maximum Gasteiger partial charge on any atom is 0.137 e. The molecule has 2 nitrogen and oxygen atoms in total. The van der Waals surface area contributed by atoms with Crippen molar-refractivity contribution in [2.24, 2.45) is 0 Å². The van der Waals surface area contributed by atoms with E-state index in [2.05, 4.69) is 36.8 Å². The summed E-state index contributed by atoms with van der Waals surface area (Å²) in [6.45, 7) is 6.32. The van der Waals surface area contributed by atoms with Crippen LogP contribution in [0.4, 0.5) is 0 Å². The Bertz CT molecular complexity index is 555. The number of hydrogen-bond donors (Lipinski definition) is 1. The van der Waals surface area contributed by atoms with Crippen molar-refractivity contribution in [3.05, 3.63) is 33.7 Å². The molecule has 1 aromatic carbocycles. The number of fused-ring (bicyclic) bond motifs is 1. The van der Waals surface area contributed by atoms with Crippen LogP contribution in [0.15, 0.2) is 12.4 Å². The molecule has 0 aliphatic carbocycles.